The highest BCUT2D eigenvalue weighted by Crippen LogP contribution is 2.23. The van der Waals surface area contributed by atoms with E-state index in [2.05, 4.69) is 34.2 Å². The molecular formula is C23H24F2N6. The molecule has 0 spiro atoms. The van der Waals surface area contributed by atoms with Gasteiger partial charge >= 0.3 is 0 Å². The Balaban J connectivity index is 1.91. The fourth-order valence-corrected chi connectivity index (χ4v) is 3.41. The minimum Gasteiger partial charge on any atom is -0.323 e. The topological polar surface area (TPSA) is 60.0 Å². The van der Waals surface area contributed by atoms with Crippen LogP contribution in [0.15, 0.2) is 60.0 Å². The number of aromatic nitrogens is 4. The zero-order chi connectivity index (χ0) is 22.0. The summed E-state index contributed by atoms with van der Waals surface area (Å²) in [4.78, 5) is 8.92. The quantitative estimate of drug-likeness (QED) is 0.512. The van der Waals surface area contributed by atoms with Crippen molar-refractivity contribution in [3.63, 3.8) is 0 Å². The Labute approximate surface area is 178 Å². The van der Waals surface area contributed by atoms with Crippen LogP contribution in [0, 0.1) is 11.6 Å². The first-order chi connectivity index (χ1) is 14.9. The maximum Gasteiger partial charge on any atom is 0.151 e. The predicted molar refractivity (Wildman–Crippen MR) is 117 cm³/mol. The minimum absolute atomic E-state index is 0.302. The van der Waals surface area contributed by atoms with E-state index in [1.165, 1.54) is 18.2 Å². The second-order valence-corrected chi connectivity index (χ2v) is 7.67. The molecule has 3 heterocycles. The molecule has 0 aliphatic carbocycles. The second-order valence-electron chi connectivity index (χ2n) is 7.67. The van der Waals surface area contributed by atoms with Gasteiger partial charge in [-0.2, -0.15) is 5.10 Å². The molecule has 8 heteroatoms. The average Bonchev–Trinajstić information content (AvgIpc) is 3.17. The fraction of sp³-hybridized carbons (Fsp3) is 0.261. The lowest BCUT2D eigenvalue weighted by molar-refractivity contribution is 0.538. The van der Waals surface area contributed by atoms with Crippen LogP contribution in [0.1, 0.15) is 13.8 Å². The lowest BCUT2D eigenvalue weighted by Crippen LogP contribution is -2.31. The van der Waals surface area contributed by atoms with E-state index in [9.17, 15) is 8.78 Å². The first kappa shape index (κ1) is 20.9. The van der Waals surface area contributed by atoms with Gasteiger partial charge in [-0.15, -0.1) is 0 Å². The van der Waals surface area contributed by atoms with Crippen LogP contribution >= 0.6 is 0 Å². The summed E-state index contributed by atoms with van der Waals surface area (Å²) in [5, 5.41) is 7.61. The Morgan fingerprint density at radius 3 is 2.52 bits per heavy atom. The van der Waals surface area contributed by atoms with E-state index in [1.54, 1.807) is 23.1 Å². The van der Waals surface area contributed by atoms with E-state index in [4.69, 9.17) is 0 Å². The lowest BCUT2D eigenvalue weighted by Gasteiger charge is -2.15. The van der Waals surface area contributed by atoms with Crippen LogP contribution in [0.2, 0.25) is 0 Å². The Morgan fingerprint density at radius 2 is 1.84 bits per heavy atom. The van der Waals surface area contributed by atoms with Crippen LogP contribution in [0.5, 0.6) is 0 Å². The lowest BCUT2D eigenvalue weighted by atomic mass is 10.1. The molecule has 0 aliphatic rings. The standard InChI is InChI=1S/C23H24F2N6/c1-15(2)26-9-10-31-21-11-16(17-13-28-30(3)14-17)12-27-20(21)7-8-22(31)29-23-18(24)5-4-6-19(23)25/h4-8,11-15,26H,9-10H2,1-3H3. The van der Waals surface area contributed by atoms with Crippen LogP contribution in [-0.4, -0.2) is 31.9 Å². The highest BCUT2D eigenvalue weighted by atomic mass is 19.1. The number of hydrogen-bond acceptors (Lipinski definition) is 4. The molecule has 160 valence electrons. The van der Waals surface area contributed by atoms with Gasteiger partial charge in [0, 0.05) is 49.7 Å². The zero-order valence-electron chi connectivity index (χ0n) is 17.7. The smallest absolute Gasteiger partial charge is 0.151 e. The molecule has 0 atom stereocenters. The summed E-state index contributed by atoms with van der Waals surface area (Å²) < 4.78 is 32.2. The average molecular weight is 422 g/mol. The Hall–Kier alpha value is -3.39. The van der Waals surface area contributed by atoms with Crippen LogP contribution in [0.4, 0.5) is 14.5 Å². The molecule has 4 rings (SSSR count). The summed E-state index contributed by atoms with van der Waals surface area (Å²) in [6.45, 7) is 5.36. The summed E-state index contributed by atoms with van der Waals surface area (Å²) >= 11 is 0. The van der Waals surface area contributed by atoms with Gasteiger partial charge in [0.1, 0.15) is 11.2 Å². The third-order valence-electron chi connectivity index (χ3n) is 4.95. The number of fused-ring (bicyclic) bond motifs is 1. The third-order valence-corrected chi connectivity index (χ3v) is 4.95. The molecule has 1 aromatic carbocycles. The molecule has 0 unspecified atom stereocenters. The first-order valence-electron chi connectivity index (χ1n) is 10.1. The van der Waals surface area contributed by atoms with E-state index < -0.39 is 11.6 Å². The number of rotatable bonds is 6. The highest BCUT2D eigenvalue weighted by Gasteiger charge is 2.10. The van der Waals surface area contributed by atoms with E-state index in [1.807, 2.05) is 29.9 Å². The van der Waals surface area contributed by atoms with Gasteiger partial charge in [0.15, 0.2) is 11.6 Å². The van der Waals surface area contributed by atoms with Crippen molar-refractivity contribution in [1.82, 2.24) is 24.6 Å². The SMILES string of the molecule is CC(C)NCCn1c(=Nc2c(F)cccc2F)ccc2ncc(-c3cnn(C)c3)cc21. The molecule has 0 saturated heterocycles. The maximum absolute atomic E-state index is 14.3. The van der Waals surface area contributed by atoms with E-state index >= 15 is 0 Å². The van der Waals surface area contributed by atoms with E-state index in [0.717, 1.165) is 22.2 Å². The number of pyridine rings is 2. The number of benzene rings is 1. The van der Waals surface area contributed by atoms with Gasteiger partial charge in [-0.3, -0.25) is 9.67 Å². The fourth-order valence-electron chi connectivity index (χ4n) is 3.41. The van der Waals surface area contributed by atoms with Crippen molar-refractivity contribution >= 4 is 16.7 Å². The molecule has 0 bridgehead atoms. The normalized spacial score (nSPS) is 12.3. The third kappa shape index (κ3) is 4.54. The molecule has 0 fully saturated rings. The van der Waals surface area contributed by atoms with Gasteiger partial charge in [0.05, 0.1) is 17.2 Å². The summed E-state index contributed by atoms with van der Waals surface area (Å²) in [5.74, 6) is -1.40. The monoisotopic (exact) mass is 422 g/mol. The molecule has 1 N–H and O–H groups in total. The predicted octanol–water partition coefficient (Wildman–Crippen LogP) is 3.95. The molecule has 31 heavy (non-hydrogen) atoms. The Kier molecular flexibility index (Phi) is 5.90. The van der Waals surface area contributed by atoms with Gasteiger partial charge in [0.25, 0.3) is 0 Å². The summed E-state index contributed by atoms with van der Waals surface area (Å²) in [7, 11) is 1.86. The molecule has 0 aliphatic heterocycles. The van der Waals surface area contributed by atoms with Crippen molar-refractivity contribution in [2.24, 2.45) is 12.0 Å². The molecule has 4 aromatic rings. The molecule has 0 radical (unpaired) electrons. The van der Waals surface area contributed by atoms with Crippen molar-refractivity contribution in [2.45, 2.75) is 26.4 Å². The Morgan fingerprint density at radius 1 is 1.06 bits per heavy atom. The number of nitrogens with one attached hydrogen (secondary N) is 1. The second kappa shape index (κ2) is 8.77. The first-order valence-corrected chi connectivity index (χ1v) is 10.1. The van der Waals surface area contributed by atoms with Gasteiger partial charge in [-0.25, -0.2) is 13.8 Å². The zero-order valence-corrected chi connectivity index (χ0v) is 17.7. The van der Waals surface area contributed by atoms with Gasteiger partial charge in [-0.1, -0.05) is 19.9 Å². The van der Waals surface area contributed by atoms with Crippen molar-refractivity contribution in [1.29, 1.82) is 0 Å². The van der Waals surface area contributed by atoms with Crippen LogP contribution in [0.3, 0.4) is 0 Å². The van der Waals surface area contributed by atoms with E-state index in [0.29, 0.717) is 24.6 Å². The summed E-state index contributed by atoms with van der Waals surface area (Å²) in [5.41, 5.74) is 3.58. The Bertz CT molecular complexity index is 1270. The van der Waals surface area contributed by atoms with Gasteiger partial charge < -0.3 is 9.88 Å². The molecule has 6 nitrogen and oxygen atoms in total. The van der Waals surface area contributed by atoms with Crippen LogP contribution in [0.25, 0.3) is 22.2 Å². The molecular weight excluding hydrogens is 398 g/mol. The van der Waals surface area contributed by atoms with Crippen LogP contribution in [-0.2, 0) is 13.6 Å². The number of halogens is 2. The number of hydrogen-bond donors (Lipinski definition) is 1. The highest BCUT2D eigenvalue weighted by molar-refractivity contribution is 5.80. The van der Waals surface area contributed by atoms with E-state index in [-0.39, 0.29) is 5.69 Å². The van der Waals surface area contributed by atoms with Crippen molar-refractivity contribution in [3.05, 3.63) is 72.1 Å². The number of nitrogens with zero attached hydrogens (tertiary/aromatic N) is 5. The van der Waals surface area contributed by atoms with Gasteiger partial charge in [-0.05, 0) is 30.3 Å². The van der Waals surface area contributed by atoms with Crippen molar-refractivity contribution in [2.75, 3.05) is 6.54 Å². The number of para-hydroxylation sites is 1. The van der Waals surface area contributed by atoms with Crippen LogP contribution < -0.4 is 10.8 Å². The van der Waals surface area contributed by atoms with Crippen molar-refractivity contribution < 1.29 is 8.78 Å². The summed E-state index contributed by atoms with van der Waals surface area (Å²) in [6, 6.07) is 9.60. The molecule has 0 amide bonds. The molecule has 0 saturated carbocycles. The van der Waals surface area contributed by atoms with Gasteiger partial charge in [0.2, 0.25) is 0 Å². The van der Waals surface area contributed by atoms with Crippen molar-refractivity contribution in [3.8, 4) is 11.1 Å². The minimum atomic E-state index is -0.700. The number of aryl methyl sites for hydroxylation is 1. The summed E-state index contributed by atoms with van der Waals surface area (Å²) in [6.07, 6.45) is 5.48. The molecule has 3 aromatic heterocycles. The largest absolute Gasteiger partial charge is 0.323 e. The maximum atomic E-state index is 14.3.